The second-order valence-electron chi connectivity index (χ2n) is 21.9. The molecule has 0 rings (SSSR count). The highest BCUT2D eigenvalue weighted by atomic mass is 31.2. The van der Waals surface area contributed by atoms with Crippen molar-refractivity contribution < 1.29 is 80.2 Å². The molecule has 2 unspecified atom stereocenters. The molecule has 0 aliphatic heterocycles. The van der Waals surface area contributed by atoms with Crippen LogP contribution < -0.4 is 0 Å². The molecule has 0 aromatic rings. The molecule has 0 saturated heterocycles. The van der Waals surface area contributed by atoms with Gasteiger partial charge in [0.1, 0.15) is 19.3 Å². The van der Waals surface area contributed by atoms with Crippen molar-refractivity contribution in [3.8, 4) is 0 Å². The van der Waals surface area contributed by atoms with Crippen molar-refractivity contribution in [3.63, 3.8) is 0 Å². The van der Waals surface area contributed by atoms with E-state index in [9.17, 15) is 43.2 Å². The van der Waals surface area contributed by atoms with Gasteiger partial charge < -0.3 is 33.8 Å². The molecule has 0 aromatic carbocycles. The number of phosphoric acid groups is 2. The maximum absolute atomic E-state index is 12.9. The summed E-state index contributed by atoms with van der Waals surface area (Å²) in [7, 11) is -9.85. The summed E-state index contributed by atoms with van der Waals surface area (Å²) in [6, 6.07) is 0. The number of aliphatic hydroxyl groups is 1. The van der Waals surface area contributed by atoms with Crippen LogP contribution in [0.15, 0.2) is 0 Å². The lowest BCUT2D eigenvalue weighted by molar-refractivity contribution is -0.161. The third kappa shape index (κ3) is 53.4. The fourth-order valence-electron chi connectivity index (χ4n) is 8.70. The quantitative estimate of drug-likeness (QED) is 0.0222. The Kier molecular flexibility index (Phi) is 51.8. The Balaban J connectivity index is 5.04. The zero-order valence-corrected chi connectivity index (χ0v) is 51.6. The van der Waals surface area contributed by atoms with E-state index < -0.39 is 97.5 Å². The van der Waals surface area contributed by atoms with Gasteiger partial charge in [0.25, 0.3) is 0 Å². The van der Waals surface area contributed by atoms with Crippen molar-refractivity contribution in [1.29, 1.82) is 0 Å². The van der Waals surface area contributed by atoms with Gasteiger partial charge in [0.2, 0.25) is 0 Å². The lowest BCUT2D eigenvalue weighted by atomic mass is 10.0. The second-order valence-corrected chi connectivity index (χ2v) is 24.8. The van der Waals surface area contributed by atoms with Gasteiger partial charge in [0.05, 0.1) is 26.4 Å². The van der Waals surface area contributed by atoms with Crippen LogP contribution in [-0.2, 0) is 65.4 Å². The van der Waals surface area contributed by atoms with Gasteiger partial charge >= 0.3 is 39.5 Å². The summed E-state index contributed by atoms with van der Waals surface area (Å²) in [5.41, 5.74) is 0. The van der Waals surface area contributed by atoms with Crippen LogP contribution >= 0.6 is 15.6 Å². The molecule has 0 bridgehead atoms. The van der Waals surface area contributed by atoms with Gasteiger partial charge in [-0.2, -0.15) is 0 Å². The molecule has 0 aromatic heterocycles. The van der Waals surface area contributed by atoms with E-state index >= 15 is 0 Å². The first-order chi connectivity index (χ1) is 37.5. The molecule has 0 amide bonds. The highest BCUT2D eigenvalue weighted by Gasteiger charge is 2.30. The summed E-state index contributed by atoms with van der Waals surface area (Å²) < 4.78 is 67.3. The molecule has 5 atom stereocenters. The molecule has 78 heavy (non-hydrogen) atoms. The summed E-state index contributed by atoms with van der Waals surface area (Å²) in [6.07, 6.45) is 35.9. The number of phosphoric ester groups is 2. The van der Waals surface area contributed by atoms with Gasteiger partial charge in [-0.15, -0.1) is 0 Å². The predicted octanol–water partition coefficient (Wildman–Crippen LogP) is 15.8. The SMILES string of the molecule is CCCCCCCCCCCCCCCCCCCCCC(=O)O[C@H](COC(=O)CCCCCCCCC(C)C)COP(=O)(O)OC[C@@H](O)COP(=O)(O)OC[C@@H](COC(=O)CCCCCCC)OC(=O)CCCCCCC. The van der Waals surface area contributed by atoms with E-state index in [1.165, 1.54) is 103 Å². The Morgan fingerprint density at radius 2 is 0.590 bits per heavy atom. The molecule has 19 heteroatoms. The summed E-state index contributed by atoms with van der Waals surface area (Å²) >= 11 is 0. The van der Waals surface area contributed by atoms with Gasteiger partial charge in [0.15, 0.2) is 12.2 Å². The van der Waals surface area contributed by atoms with Gasteiger partial charge in [-0.25, -0.2) is 9.13 Å². The monoisotopic (exact) mass is 1160 g/mol. The molecule has 0 spiro atoms. The number of aliphatic hydroxyl groups excluding tert-OH is 1. The molecule has 0 fully saturated rings. The first kappa shape index (κ1) is 76.1. The Hall–Kier alpha value is -1.94. The van der Waals surface area contributed by atoms with Crippen molar-refractivity contribution >= 4 is 39.5 Å². The number of unbranched alkanes of at least 4 members (excludes halogenated alkanes) is 31. The molecular weight excluding hydrogens is 1040 g/mol. The number of hydrogen-bond donors (Lipinski definition) is 3. The highest BCUT2D eigenvalue weighted by Crippen LogP contribution is 2.45. The van der Waals surface area contributed by atoms with E-state index in [2.05, 4.69) is 34.6 Å². The predicted molar refractivity (Wildman–Crippen MR) is 308 cm³/mol. The maximum atomic E-state index is 12.9. The fraction of sp³-hybridized carbons (Fsp3) is 0.932. The van der Waals surface area contributed by atoms with E-state index in [1.807, 2.05) is 0 Å². The molecule has 462 valence electrons. The summed E-state index contributed by atoms with van der Waals surface area (Å²) in [5, 5.41) is 10.4. The number of rotatable bonds is 59. The second kappa shape index (κ2) is 53.1. The molecule has 0 heterocycles. The summed E-state index contributed by atoms with van der Waals surface area (Å²) in [6.45, 7) is 6.89. The zero-order valence-electron chi connectivity index (χ0n) is 49.8. The zero-order chi connectivity index (χ0) is 57.8. The number of esters is 4. The van der Waals surface area contributed by atoms with Crippen LogP contribution in [0, 0.1) is 5.92 Å². The third-order valence-electron chi connectivity index (χ3n) is 13.5. The van der Waals surface area contributed by atoms with Crippen molar-refractivity contribution in [2.45, 2.75) is 310 Å². The molecular formula is C59H114O17P2. The topological polar surface area (TPSA) is 237 Å². The summed E-state index contributed by atoms with van der Waals surface area (Å²) in [5.74, 6) is -1.49. The first-order valence-corrected chi connectivity index (χ1v) is 34.1. The molecule has 0 aliphatic carbocycles. The summed E-state index contributed by atoms with van der Waals surface area (Å²) in [4.78, 5) is 71.4. The van der Waals surface area contributed by atoms with E-state index in [0.29, 0.717) is 31.6 Å². The van der Waals surface area contributed by atoms with Crippen LogP contribution in [0.3, 0.4) is 0 Å². The minimum Gasteiger partial charge on any atom is -0.462 e. The average Bonchev–Trinajstić information content (AvgIpc) is 3.40. The molecule has 0 radical (unpaired) electrons. The molecule has 17 nitrogen and oxygen atoms in total. The van der Waals surface area contributed by atoms with Crippen molar-refractivity contribution in [2.24, 2.45) is 5.92 Å². The number of hydrogen-bond acceptors (Lipinski definition) is 15. The first-order valence-electron chi connectivity index (χ1n) is 31.1. The van der Waals surface area contributed by atoms with Crippen LogP contribution in [0.5, 0.6) is 0 Å². The Morgan fingerprint density at radius 1 is 0.346 bits per heavy atom. The van der Waals surface area contributed by atoms with Crippen molar-refractivity contribution in [3.05, 3.63) is 0 Å². The average molecular weight is 1160 g/mol. The van der Waals surface area contributed by atoms with E-state index in [1.54, 1.807) is 0 Å². The Bertz CT molecular complexity index is 1530. The van der Waals surface area contributed by atoms with E-state index in [4.69, 9.17) is 37.0 Å². The minimum absolute atomic E-state index is 0.0986. The van der Waals surface area contributed by atoms with Crippen molar-refractivity contribution in [2.75, 3.05) is 39.6 Å². The number of carbonyl (C=O) groups is 4. The smallest absolute Gasteiger partial charge is 0.462 e. The normalized spacial score (nSPS) is 14.4. The van der Waals surface area contributed by atoms with Crippen LogP contribution in [0.25, 0.3) is 0 Å². The van der Waals surface area contributed by atoms with Gasteiger partial charge in [-0.05, 0) is 31.6 Å². The third-order valence-corrected chi connectivity index (χ3v) is 15.4. The van der Waals surface area contributed by atoms with Crippen LogP contribution in [0.1, 0.15) is 291 Å². The molecule has 0 saturated carbocycles. The molecule has 3 N–H and O–H groups in total. The van der Waals surface area contributed by atoms with Crippen molar-refractivity contribution in [1.82, 2.24) is 0 Å². The van der Waals surface area contributed by atoms with Crippen LogP contribution in [-0.4, -0.2) is 96.7 Å². The standard InChI is InChI=1S/C59H114O17P2/c1-6-9-12-15-16-17-18-19-20-21-22-23-24-25-26-27-28-35-40-45-59(64)76-55(49-70-57(62)43-38-34-30-29-33-36-41-52(4)5)51-74-78(67,68)72-47-53(60)46-71-77(65,66)73-50-54(75-58(63)44-39-32-14-11-8-3)48-69-56(61)42-37-31-13-10-7-2/h52-55,60H,6-51H2,1-5H3,(H,65,66)(H,67,68)/t53-,54+,55+/m0/s1. The highest BCUT2D eigenvalue weighted by molar-refractivity contribution is 7.47. The largest absolute Gasteiger partial charge is 0.472 e. The Morgan fingerprint density at radius 3 is 0.872 bits per heavy atom. The number of ether oxygens (including phenoxy) is 4. The van der Waals surface area contributed by atoms with Crippen LogP contribution in [0.4, 0.5) is 0 Å². The van der Waals surface area contributed by atoms with E-state index in [-0.39, 0.29) is 25.7 Å². The minimum atomic E-state index is -4.93. The number of carbonyl (C=O) groups excluding carboxylic acids is 4. The van der Waals surface area contributed by atoms with Crippen LogP contribution in [0.2, 0.25) is 0 Å². The van der Waals surface area contributed by atoms with Gasteiger partial charge in [0, 0.05) is 25.7 Å². The fourth-order valence-corrected chi connectivity index (χ4v) is 10.3. The molecule has 0 aliphatic rings. The van der Waals surface area contributed by atoms with E-state index in [0.717, 1.165) is 103 Å². The maximum Gasteiger partial charge on any atom is 0.472 e. The lowest BCUT2D eigenvalue weighted by Gasteiger charge is -2.21. The Labute approximate surface area is 473 Å². The lowest BCUT2D eigenvalue weighted by Crippen LogP contribution is -2.30. The van der Waals surface area contributed by atoms with Gasteiger partial charge in [-0.3, -0.25) is 37.3 Å². The van der Waals surface area contributed by atoms with Gasteiger partial charge in [-0.1, -0.05) is 240 Å².